The van der Waals surface area contributed by atoms with Crippen LogP contribution in [0.15, 0.2) is 54.6 Å². The maximum atomic E-state index is 13.9. The van der Waals surface area contributed by atoms with E-state index in [1.165, 1.54) is 26.4 Å². The van der Waals surface area contributed by atoms with Crippen molar-refractivity contribution < 1.29 is 22.8 Å². The van der Waals surface area contributed by atoms with Crippen molar-refractivity contribution in [1.82, 2.24) is 10.1 Å². The number of methoxy groups -OCH3 is 2. The Labute approximate surface area is 165 Å². The normalized spacial score (nSPS) is 11.0. The van der Waals surface area contributed by atoms with Gasteiger partial charge in [0.2, 0.25) is 5.82 Å². The lowest BCUT2D eigenvalue weighted by Crippen LogP contribution is -2.03. The summed E-state index contributed by atoms with van der Waals surface area (Å²) in [4.78, 5) is 16.6. The summed E-state index contributed by atoms with van der Waals surface area (Å²) in [5, 5.41) is 4.43. The lowest BCUT2D eigenvalue weighted by molar-refractivity contribution is 0.386. The van der Waals surface area contributed by atoms with Crippen LogP contribution in [0.5, 0.6) is 11.5 Å². The molecular formula is C19H12BrFN2O5. The standard InChI is InChI=1S/C19H12BrFN2O5/c1-25-14-4-3-9(7-13(14)21)17-22-18(28-23-17)12-6-10-5-11(20)8-15(26-2)16(10)27-19(12)24/h3-8H,1-2H3. The van der Waals surface area contributed by atoms with Crippen LogP contribution in [0.4, 0.5) is 4.39 Å². The van der Waals surface area contributed by atoms with Crippen LogP contribution < -0.4 is 15.1 Å². The van der Waals surface area contributed by atoms with Gasteiger partial charge in [0, 0.05) is 15.4 Å². The molecule has 0 spiro atoms. The zero-order valence-electron chi connectivity index (χ0n) is 14.7. The summed E-state index contributed by atoms with van der Waals surface area (Å²) in [6.07, 6.45) is 0. The van der Waals surface area contributed by atoms with Gasteiger partial charge in [0.1, 0.15) is 5.56 Å². The van der Waals surface area contributed by atoms with Crippen LogP contribution in [0.1, 0.15) is 0 Å². The van der Waals surface area contributed by atoms with Crippen molar-refractivity contribution in [3.8, 4) is 34.3 Å². The van der Waals surface area contributed by atoms with Crippen molar-refractivity contribution in [2.45, 2.75) is 0 Å². The van der Waals surface area contributed by atoms with Crippen LogP contribution in [0.25, 0.3) is 33.8 Å². The number of nitrogens with zero attached hydrogens (tertiary/aromatic N) is 2. The van der Waals surface area contributed by atoms with E-state index in [-0.39, 0.29) is 23.0 Å². The molecule has 0 saturated heterocycles. The van der Waals surface area contributed by atoms with E-state index < -0.39 is 11.4 Å². The Morgan fingerprint density at radius 3 is 2.57 bits per heavy atom. The van der Waals surface area contributed by atoms with Crippen molar-refractivity contribution in [3.05, 3.63) is 57.1 Å². The first kappa shape index (κ1) is 18.2. The van der Waals surface area contributed by atoms with E-state index in [0.717, 1.165) is 4.47 Å². The Kier molecular flexibility index (Phi) is 4.60. The average molecular weight is 447 g/mol. The lowest BCUT2D eigenvalue weighted by atomic mass is 10.1. The van der Waals surface area contributed by atoms with Gasteiger partial charge in [-0.15, -0.1) is 0 Å². The van der Waals surface area contributed by atoms with Crippen LogP contribution in [-0.4, -0.2) is 24.4 Å². The Balaban J connectivity index is 1.80. The highest BCUT2D eigenvalue weighted by atomic mass is 79.9. The van der Waals surface area contributed by atoms with Gasteiger partial charge in [0.05, 0.1) is 14.2 Å². The van der Waals surface area contributed by atoms with Crippen LogP contribution in [0, 0.1) is 5.82 Å². The zero-order chi connectivity index (χ0) is 19.8. The molecule has 0 bridgehead atoms. The van der Waals surface area contributed by atoms with E-state index in [0.29, 0.717) is 22.3 Å². The van der Waals surface area contributed by atoms with Crippen LogP contribution >= 0.6 is 15.9 Å². The van der Waals surface area contributed by atoms with E-state index in [9.17, 15) is 9.18 Å². The molecule has 0 saturated carbocycles. The molecule has 9 heteroatoms. The van der Waals surface area contributed by atoms with Crippen molar-refractivity contribution >= 4 is 26.9 Å². The van der Waals surface area contributed by atoms with Gasteiger partial charge >= 0.3 is 5.63 Å². The summed E-state index contributed by atoms with van der Waals surface area (Å²) >= 11 is 3.38. The summed E-state index contributed by atoms with van der Waals surface area (Å²) in [5.74, 6) is 0.0346. The predicted molar refractivity (Wildman–Crippen MR) is 102 cm³/mol. The Morgan fingerprint density at radius 1 is 1.07 bits per heavy atom. The molecule has 0 fully saturated rings. The number of aromatic nitrogens is 2. The Morgan fingerprint density at radius 2 is 1.86 bits per heavy atom. The first-order valence-corrected chi connectivity index (χ1v) is 8.79. The van der Waals surface area contributed by atoms with E-state index in [1.54, 1.807) is 24.3 Å². The third-order valence-electron chi connectivity index (χ3n) is 4.05. The van der Waals surface area contributed by atoms with Crippen molar-refractivity contribution in [2.75, 3.05) is 14.2 Å². The molecule has 0 N–H and O–H groups in total. The molecule has 28 heavy (non-hydrogen) atoms. The van der Waals surface area contributed by atoms with Gasteiger partial charge in [-0.05, 0) is 36.4 Å². The molecule has 0 unspecified atom stereocenters. The lowest BCUT2D eigenvalue weighted by Gasteiger charge is -2.05. The van der Waals surface area contributed by atoms with Gasteiger partial charge in [-0.3, -0.25) is 0 Å². The van der Waals surface area contributed by atoms with E-state index >= 15 is 0 Å². The van der Waals surface area contributed by atoms with E-state index in [2.05, 4.69) is 26.1 Å². The van der Waals surface area contributed by atoms with Gasteiger partial charge in [-0.25, -0.2) is 9.18 Å². The minimum absolute atomic E-state index is 0.0409. The number of benzene rings is 2. The van der Waals surface area contributed by atoms with Gasteiger partial charge in [0.25, 0.3) is 5.89 Å². The summed E-state index contributed by atoms with van der Waals surface area (Å²) in [5.41, 5.74) is 0.101. The minimum atomic E-state index is -0.663. The van der Waals surface area contributed by atoms with E-state index in [4.69, 9.17) is 18.4 Å². The summed E-state index contributed by atoms with van der Waals surface area (Å²) in [6, 6.07) is 9.28. The number of rotatable bonds is 4. The smallest absolute Gasteiger partial charge is 0.349 e. The molecule has 4 rings (SSSR count). The van der Waals surface area contributed by atoms with Gasteiger partial charge < -0.3 is 18.4 Å². The highest BCUT2D eigenvalue weighted by Gasteiger charge is 2.18. The van der Waals surface area contributed by atoms with Crippen LogP contribution in [0.2, 0.25) is 0 Å². The number of hydrogen-bond acceptors (Lipinski definition) is 7. The molecule has 7 nitrogen and oxygen atoms in total. The zero-order valence-corrected chi connectivity index (χ0v) is 16.2. The highest BCUT2D eigenvalue weighted by Crippen LogP contribution is 2.31. The molecule has 0 aliphatic rings. The molecule has 2 aromatic carbocycles. The van der Waals surface area contributed by atoms with Crippen molar-refractivity contribution in [1.29, 1.82) is 0 Å². The van der Waals surface area contributed by atoms with E-state index in [1.807, 2.05) is 0 Å². The van der Waals surface area contributed by atoms with Gasteiger partial charge in [-0.1, -0.05) is 21.1 Å². The Hall–Kier alpha value is -3.20. The van der Waals surface area contributed by atoms with Crippen molar-refractivity contribution in [2.24, 2.45) is 0 Å². The maximum absolute atomic E-state index is 13.9. The number of hydrogen-bond donors (Lipinski definition) is 0. The number of fused-ring (bicyclic) bond motifs is 1. The second kappa shape index (κ2) is 7.08. The number of halogens is 2. The van der Waals surface area contributed by atoms with Gasteiger partial charge in [-0.2, -0.15) is 4.98 Å². The van der Waals surface area contributed by atoms with Crippen molar-refractivity contribution in [3.63, 3.8) is 0 Å². The topological polar surface area (TPSA) is 87.6 Å². The summed E-state index contributed by atoms with van der Waals surface area (Å²) in [6.45, 7) is 0. The molecular weight excluding hydrogens is 435 g/mol. The Bertz CT molecular complexity index is 1250. The molecule has 4 aromatic rings. The van der Waals surface area contributed by atoms with Crippen LogP contribution in [-0.2, 0) is 0 Å². The highest BCUT2D eigenvalue weighted by molar-refractivity contribution is 9.10. The molecule has 2 heterocycles. The molecule has 2 aromatic heterocycles. The second-order valence-corrected chi connectivity index (χ2v) is 6.66. The fraction of sp³-hybridized carbons (Fsp3) is 0.105. The molecule has 0 atom stereocenters. The third kappa shape index (κ3) is 3.13. The molecule has 0 aliphatic carbocycles. The largest absolute Gasteiger partial charge is 0.494 e. The molecule has 142 valence electrons. The molecule has 0 aliphatic heterocycles. The monoisotopic (exact) mass is 446 g/mol. The summed E-state index contributed by atoms with van der Waals surface area (Å²) < 4.78 is 35.4. The fourth-order valence-electron chi connectivity index (χ4n) is 2.72. The van der Waals surface area contributed by atoms with Gasteiger partial charge in [0.15, 0.2) is 22.9 Å². The summed E-state index contributed by atoms with van der Waals surface area (Å²) in [7, 11) is 2.85. The van der Waals surface area contributed by atoms with Crippen LogP contribution in [0.3, 0.4) is 0 Å². The SMILES string of the molecule is COc1ccc(-c2noc(-c3cc4cc(Br)cc(OC)c4oc3=O)n2)cc1F. The molecule has 0 radical (unpaired) electrons. The minimum Gasteiger partial charge on any atom is -0.494 e. The predicted octanol–water partition coefficient (Wildman–Crippen LogP) is 4.43. The quantitative estimate of drug-likeness (QED) is 0.428. The first-order chi connectivity index (χ1) is 13.5. The first-order valence-electron chi connectivity index (χ1n) is 7.99. The number of ether oxygens (including phenoxy) is 2. The average Bonchev–Trinajstić information content (AvgIpc) is 3.17. The molecule has 0 amide bonds. The third-order valence-corrected chi connectivity index (χ3v) is 4.51. The second-order valence-electron chi connectivity index (χ2n) is 5.75. The maximum Gasteiger partial charge on any atom is 0.349 e. The fourth-order valence-corrected chi connectivity index (χ4v) is 3.18.